The number of nitrogens with two attached hydrogens (primary N) is 1. The molecule has 0 fully saturated rings. The number of hydrogen-bond acceptors (Lipinski definition) is 4. The van der Waals surface area contributed by atoms with Gasteiger partial charge in [-0.05, 0) is 36.2 Å². The topological polar surface area (TPSA) is 85.1 Å². The Balaban J connectivity index is 2.36. The quantitative estimate of drug-likeness (QED) is 0.850. The van der Waals surface area contributed by atoms with Gasteiger partial charge in [0.05, 0.1) is 9.92 Å². The zero-order valence-corrected chi connectivity index (χ0v) is 12.4. The normalized spacial score (nSPS) is 11.3. The molecule has 1 aromatic heterocycles. The van der Waals surface area contributed by atoms with Crippen molar-refractivity contribution in [1.29, 1.82) is 0 Å². The van der Waals surface area contributed by atoms with Gasteiger partial charge >= 0.3 is 0 Å². The molecule has 5 nitrogen and oxygen atoms in total. The van der Waals surface area contributed by atoms with Crippen molar-refractivity contribution < 1.29 is 8.42 Å². The molecule has 0 atom stereocenters. The van der Waals surface area contributed by atoms with Gasteiger partial charge < -0.3 is 5.73 Å². The van der Waals surface area contributed by atoms with Crippen molar-refractivity contribution in [1.82, 2.24) is 4.98 Å². The Labute approximate surface area is 122 Å². The van der Waals surface area contributed by atoms with Crippen LogP contribution >= 0.6 is 11.6 Å². The maximum absolute atomic E-state index is 12.2. The van der Waals surface area contributed by atoms with E-state index in [1.54, 1.807) is 18.2 Å². The minimum Gasteiger partial charge on any atom is -0.398 e. The SMILES string of the molecule is CCc1ccc(S(=O)(=O)Nc2ncccc2Cl)cc1N. The van der Waals surface area contributed by atoms with E-state index >= 15 is 0 Å². The monoisotopic (exact) mass is 311 g/mol. The third kappa shape index (κ3) is 3.02. The van der Waals surface area contributed by atoms with Gasteiger partial charge in [0, 0.05) is 11.9 Å². The van der Waals surface area contributed by atoms with E-state index < -0.39 is 10.0 Å². The predicted octanol–water partition coefficient (Wildman–Crippen LogP) is 2.68. The first-order valence-electron chi connectivity index (χ1n) is 5.96. The molecule has 0 bridgehead atoms. The van der Waals surface area contributed by atoms with Gasteiger partial charge in [-0.25, -0.2) is 13.4 Å². The predicted molar refractivity (Wildman–Crippen MR) is 80.3 cm³/mol. The van der Waals surface area contributed by atoms with Gasteiger partial charge in [-0.15, -0.1) is 0 Å². The molecule has 20 heavy (non-hydrogen) atoms. The highest BCUT2D eigenvalue weighted by Crippen LogP contribution is 2.23. The van der Waals surface area contributed by atoms with Crippen LogP contribution in [0.25, 0.3) is 0 Å². The van der Waals surface area contributed by atoms with Gasteiger partial charge in [-0.1, -0.05) is 24.6 Å². The Bertz CT molecular complexity index is 732. The van der Waals surface area contributed by atoms with E-state index in [1.165, 1.54) is 18.3 Å². The van der Waals surface area contributed by atoms with Gasteiger partial charge in [0.1, 0.15) is 0 Å². The first-order chi connectivity index (χ1) is 9.44. The van der Waals surface area contributed by atoms with Crippen molar-refractivity contribution in [3.05, 3.63) is 47.1 Å². The Morgan fingerprint density at radius 3 is 2.70 bits per heavy atom. The first-order valence-corrected chi connectivity index (χ1v) is 7.82. The Morgan fingerprint density at radius 2 is 2.10 bits per heavy atom. The second-order valence-electron chi connectivity index (χ2n) is 4.15. The van der Waals surface area contributed by atoms with Crippen LogP contribution in [-0.2, 0) is 16.4 Å². The van der Waals surface area contributed by atoms with Crippen LogP contribution in [-0.4, -0.2) is 13.4 Å². The smallest absolute Gasteiger partial charge is 0.263 e. The third-order valence-electron chi connectivity index (χ3n) is 2.80. The molecule has 0 amide bonds. The minimum absolute atomic E-state index is 0.0777. The van der Waals surface area contributed by atoms with Crippen molar-refractivity contribution in [2.75, 3.05) is 10.5 Å². The molecule has 106 valence electrons. The van der Waals surface area contributed by atoms with Gasteiger partial charge in [0.2, 0.25) is 0 Å². The lowest BCUT2D eigenvalue weighted by Crippen LogP contribution is -2.14. The van der Waals surface area contributed by atoms with Crippen LogP contribution in [0.2, 0.25) is 5.02 Å². The second kappa shape index (κ2) is 5.68. The Kier molecular flexibility index (Phi) is 4.15. The van der Waals surface area contributed by atoms with Crippen molar-refractivity contribution >= 4 is 33.1 Å². The summed E-state index contributed by atoms with van der Waals surface area (Å²) in [6.45, 7) is 1.95. The van der Waals surface area contributed by atoms with Crippen LogP contribution in [0.5, 0.6) is 0 Å². The molecule has 0 saturated carbocycles. The van der Waals surface area contributed by atoms with Gasteiger partial charge in [0.25, 0.3) is 10.0 Å². The van der Waals surface area contributed by atoms with E-state index in [-0.39, 0.29) is 15.7 Å². The van der Waals surface area contributed by atoms with Crippen LogP contribution in [0.4, 0.5) is 11.5 Å². The number of aromatic nitrogens is 1. The number of hydrogen-bond donors (Lipinski definition) is 2. The number of anilines is 2. The summed E-state index contributed by atoms with van der Waals surface area (Å²) in [6, 6.07) is 7.81. The van der Waals surface area contributed by atoms with E-state index in [4.69, 9.17) is 17.3 Å². The molecule has 0 saturated heterocycles. The Morgan fingerprint density at radius 1 is 1.35 bits per heavy atom. The number of nitrogens with zero attached hydrogens (tertiary/aromatic N) is 1. The molecule has 0 aliphatic heterocycles. The number of halogens is 1. The fourth-order valence-electron chi connectivity index (χ4n) is 1.71. The second-order valence-corrected chi connectivity index (χ2v) is 6.24. The zero-order valence-electron chi connectivity index (χ0n) is 10.8. The van der Waals surface area contributed by atoms with Crippen molar-refractivity contribution in [2.24, 2.45) is 0 Å². The summed E-state index contributed by atoms with van der Waals surface area (Å²) in [5.74, 6) is 0.0901. The van der Waals surface area contributed by atoms with Crippen LogP contribution in [0.1, 0.15) is 12.5 Å². The van der Waals surface area contributed by atoms with E-state index in [9.17, 15) is 8.42 Å². The number of pyridine rings is 1. The molecule has 7 heteroatoms. The lowest BCUT2D eigenvalue weighted by atomic mass is 10.1. The lowest BCUT2D eigenvalue weighted by Gasteiger charge is -2.10. The standard InChI is InChI=1S/C13H14ClN3O2S/c1-2-9-5-6-10(8-12(9)15)20(18,19)17-13-11(14)4-3-7-16-13/h3-8H,2,15H2,1H3,(H,16,17). The van der Waals surface area contributed by atoms with Crippen molar-refractivity contribution in [2.45, 2.75) is 18.2 Å². The van der Waals surface area contributed by atoms with Crippen LogP contribution < -0.4 is 10.5 Å². The summed E-state index contributed by atoms with van der Waals surface area (Å²) in [6.07, 6.45) is 2.20. The molecule has 2 rings (SSSR count). The zero-order chi connectivity index (χ0) is 14.8. The summed E-state index contributed by atoms with van der Waals surface area (Å²) in [4.78, 5) is 3.97. The maximum atomic E-state index is 12.2. The van der Waals surface area contributed by atoms with Gasteiger partial charge in [0.15, 0.2) is 5.82 Å². The van der Waals surface area contributed by atoms with Gasteiger partial charge in [-0.3, -0.25) is 4.72 Å². The fourth-order valence-corrected chi connectivity index (χ4v) is 3.00. The molecule has 1 aromatic carbocycles. The number of nitrogen functional groups attached to an aromatic ring is 1. The molecule has 0 unspecified atom stereocenters. The van der Waals surface area contributed by atoms with Crippen LogP contribution in [0, 0.1) is 0 Å². The molecule has 0 aliphatic carbocycles. The number of rotatable bonds is 4. The lowest BCUT2D eigenvalue weighted by molar-refractivity contribution is 0.601. The molecule has 2 aromatic rings. The van der Waals surface area contributed by atoms with Gasteiger partial charge in [-0.2, -0.15) is 0 Å². The van der Waals surface area contributed by atoms with Crippen molar-refractivity contribution in [3.63, 3.8) is 0 Å². The van der Waals surface area contributed by atoms with Crippen LogP contribution in [0.3, 0.4) is 0 Å². The first kappa shape index (κ1) is 14.6. The summed E-state index contributed by atoms with van der Waals surface area (Å²) < 4.78 is 26.8. The molecule has 0 aliphatic rings. The molecular formula is C13H14ClN3O2S. The van der Waals surface area contributed by atoms with Crippen LogP contribution in [0.15, 0.2) is 41.4 Å². The average molecular weight is 312 g/mol. The number of aryl methyl sites for hydroxylation is 1. The average Bonchev–Trinajstić information content (AvgIpc) is 2.41. The van der Waals surface area contributed by atoms with E-state index in [1.807, 2.05) is 6.92 Å². The molecule has 3 N–H and O–H groups in total. The summed E-state index contributed by atoms with van der Waals surface area (Å²) in [5.41, 5.74) is 7.17. The summed E-state index contributed by atoms with van der Waals surface area (Å²) in [5, 5.41) is 0.231. The minimum atomic E-state index is -3.76. The van der Waals surface area contributed by atoms with E-state index in [0.717, 1.165) is 12.0 Å². The highest BCUT2D eigenvalue weighted by atomic mass is 35.5. The molecule has 0 spiro atoms. The van der Waals surface area contributed by atoms with E-state index in [0.29, 0.717) is 5.69 Å². The number of sulfonamides is 1. The number of benzene rings is 1. The third-order valence-corrected chi connectivity index (χ3v) is 4.44. The highest BCUT2D eigenvalue weighted by Gasteiger charge is 2.17. The molecular weight excluding hydrogens is 298 g/mol. The molecule has 0 radical (unpaired) electrons. The summed E-state index contributed by atoms with van der Waals surface area (Å²) >= 11 is 5.88. The summed E-state index contributed by atoms with van der Waals surface area (Å²) in [7, 11) is -3.76. The fraction of sp³-hybridized carbons (Fsp3) is 0.154. The van der Waals surface area contributed by atoms with Crippen molar-refractivity contribution in [3.8, 4) is 0 Å². The molecule has 1 heterocycles. The maximum Gasteiger partial charge on any atom is 0.263 e. The number of nitrogens with one attached hydrogen (secondary N) is 1. The van der Waals surface area contributed by atoms with E-state index in [2.05, 4.69) is 9.71 Å². The Hall–Kier alpha value is -1.79. The highest BCUT2D eigenvalue weighted by molar-refractivity contribution is 7.92. The largest absolute Gasteiger partial charge is 0.398 e.